The highest BCUT2D eigenvalue weighted by molar-refractivity contribution is 9.10. The highest BCUT2D eigenvalue weighted by Crippen LogP contribution is 2.30. The molecule has 0 radical (unpaired) electrons. The lowest BCUT2D eigenvalue weighted by Gasteiger charge is -2.23. The summed E-state index contributed by atoms with van der Waals surface area (Å²) in [7, 11) is 0. The van der Waals surface area contributed by atoms with E-state index in [-0.39, 0.29) is 0 Å². The summed E-state index contributed by atoms with van der Waals surface area (Å²) < 4.78 is 1.14. The Hall–Kier alpha value is -0.540. The molecule has 2 N–H and O–H groups in total. The number of nitrogens with two attached hydrogens (primary N) is 1. The maximum absolute atomic E-state index is 5.79. The van der Waals surface area contributed by atoms with Crippen molar-refractivity contribution in [2.45, 2.75) is 45.7 Å². The summed E-state index contributed by atoms with van der Waals surface area (Å²) in [4.78, 5) is 2.62. The van der Waals surface area contributed by atoms with Crippen molar-refractivity contribution in [3.63, 3.8) is 0 Å². The first kappa shape index (κ1) is 13.9. The molecule has 0 aliphatic heterocycles. The molecule has 1 saturated carbocycles. The molecule has 0 unspecified atom stereocenters. The predicted molar refractivity (Wildman–Crippen MR) is 81.4 cm³/mol. The van der Waals surface area contributed by atoms with Crippen molar-refractivity contribution in [1.82, 2.24) is 4.90 Å². The summed E-state index contributed by atoms with van der Waals surface area (Å²) in [5.74, 6) is 0.779. The van der Waals surface area contributed by atoms with Gasteiger partial charge in [-0.3, -0.25) is 4.90 Å². The molecule has 18 heavy (non-hydrogen) atoms. The second-order valence-corrected chi connectivity index (χ2v) is 6.59. The predicted octanol–water partition coefficient (Wildman–Crippen LogP) is 4.04. The van der Waals surface area contributed by atoms with Crippen molar-refractivity contribution in [3.05, 3.63) is 28.2 Å². The van der Waals surface area contributed by atoms with Crippen LogP contribution in [0.5, 0.6) is 0 Å². The van der Waals surface area contributed by atoms with Crippen LogP contribution in [0.4, 0.5) is 5.69 Å². The van der Waals surface area contributed by atoms with Gasteiger partial charge in [-0.1, -0.05) is 35.8 Å². The van der Waals surface area contributed by atoms with Crippen LogP contribution in [-0.4, -0.2) is 17.5 Å². The molecule has 1 aliphatic carbocycles. The maximum atomic E-state index is 5.79. The van der Waals surface area contributed by atoms with Gasteiger partial charge in [-0.2, -0.15) is 0 Å². The van der Waals surface area contributed by atoms with Gasteiger partial charge in [-0.15, -0.1) is 0 Å². The van der Waals surface area contributed by atoms with Crippen molar-refractivity contribution in [2.24, 2.45) is 5.92 Å². The maximum Gasteiger partial charge on any atom is 0.0325 e. The van der Waals surface area contributed by atoms with Crippen LogP contribution in [0.2, 0.25) is 0 Å². The normalized spacial score (nSPS) is 15.6. The summed E-state index contributed by atoms with van der Waals surface area (Å²) in [5, 5.41) is 0. The van der Waals surface area contributed by atoms with Crippen molar-refractivity contribution in [3.8, 4) is 0 Å². The molecule has 1 aromatic carbocycles. The quantitative estimate of drug-likeness (QED) is 0.803. The van der Waals surface area contributed by atoms with Gasteiger partial charge in [-0.25, -0.2) is 0 Å². The summed E-state index contributed by atoms with van der Waals surface area (Å²) >= 11 is 3.62. The Bertz CT molecular complexity index is 399. The van der Waals surface area contributed by atoms with Crippen LogP contribution >= 0.6 is 15.9 Å². The Balaban J connectivity index is 1.99. The van der Waals surface area contributed by atoms with E-state index >= 15 is 0 Å². The summed E-state index contributed by atoms with van der Waals surface area (Å²) in [6.07, 6.45) is 4.01. The molecule has 0 saturated heterocycles. The Morgan fingerprint density at radius 1 is 1.39 bits per heavy atom. The first-order chi connectivity index (χ1) is 8.56. The van der Waals surface area contributed by atoms with Crippen LogP contribution in [0.3, 0.4) is 0 Å². The number of rotatable bonds is 6. The fourth-order valence-corrected chi connectivity index (χ4v) is 2.69. The molecule has 0 heterocycles. The van der Waals surface area contributed by atoms with Gasteiger partial charge < -0.3 is 5.73 Å². The highest BCUT2D eigenvalue weighted by Gasteiger charge is 2.28. The van der Waals surface area contributed by atoms with Crippen LogP contribution in [-0.2, 0) is 6.54 Å². The van der Waals surface area contributed by atoms with Gasteiger partial charge in [0.05, 0.1) is 0 Å². The molecular weight excluding hydrogens is 288 g/mol. The second-order valence-electron chi connectivity index (χ2n) is 5.74. The summed E-state index contributed by atoms with van der Waals surface area (Å²) in [5.41, 5.74) is 7.96. The molecule has 2 rings (SSSR count). The molecule has 0 aromatic heterocycles. The van der Waals surface area contributed by atoms with E-state index in [1.54, 1.807) is 0 Å². The Labute approximate surface area is 119 Å². The molecule has 1 aromatic rings. The molecule has 3 heteroatoms. The van der Waals surface area contributed by atoms with Crippen LogP contribution in [0.25, 0.3) is 0 Å². The lowest BCUT2D eigenvalue weighted by atomic mass is 10.1. The van der Waals surface area contributed by atoms with E-state index in [1.807, 2.05) is 12.1 Å². The topological polar surface area (TPSA) is 29.3 Å². The first-order valence-electron chi connectivity index (χ1n) is 6.84. The SMILES string of the molecule is CC(C)CCN(Cc1ccc(N)cc1Br)C1CC1. The number of hydrogen-bond donors (Lipinski definition) is 1. The Kier molecular flexibility index (Phi) is 4.68. The van der Waals surface area contributed by atoms with E-state index in [0.29, 0.717) is 0 Å². The van der Waals surface area contributed by atoms with E-state index in [1.165, 1.54) is 31.4 Å². The van der Waals surface area contributed by atoms with Gasteiger partial charge in [0.2, 0.25) is 0 Å². The molecule has 1 aliphatic rings. The Morgan fingerprint density at radius 2 is 2.11 bits per heavy atom. The van der Waals surface area contributed by atoms with Crippen molar-refractivity contribution in [2.75, 3.05) is 12.3 Å². The monoisotopic (exact) mass is 310 g/mol. The van der Waals surface area contributed by atoms with Crippen LogP contribution in [0.1, 0.15) is 38.7 Å². The zero-order chi connectivity index (χ0) is 13.1. The zero-order valence-electron chi connectivity index (χ0n) is 11.3. The summed E-state index contributed by atoms with van der Waals surface area (Å²) in [6, 6.07) is 6.95. The number of anilines is 1. The average molecular weight is 311 g/mol. The standard InChI is InChI=1S/C15H23BrN2/c1-11(2)7-8-18(14-5-6-14)10-12-3-4-13(17)9-15(12)16/h3-4,9,11,14H,5-8,10,17H2,1-2H3. The fraction of sp³-hybridized carbons (Fsp3) is 0.600. The van der Waals surface area contributed by atoms with Crippen molar-refractivity contribution in [1.29, 1.82) is 0 Å². The second kappa shape index (κ2) is 6.07. The number of hydrogen-bond acceptors (Lipinski definition) is 2. The first-order valence-corrected chi connectivity index (χ1v) is 7.63. The third kappa shape index (κ3) is 3.99. The van der Waals surface area contributed by atoms with Gasteiger partial charge >= 0.3 is 0 Å². The van der Waals surface area contributed by atoms with E-state index in [9.17, 15) is 0 Å². The molecule has 0 atom stereocenters. The largest absolute Gasteiger partial charge is 0.399 e. The molecule has 1 fully saturated rings. The van der Waals surface area contributed by atoms with E-state index < -0.39 is 0 Å². The third-order valence-electron chi connectivity index (χ3n) is 3.51. The highest BCUT2D eigenvalue weighted by atomic mass is 79.9. The van der Waals surface area contributed by atoms with E-state index in [2.05, 4.69) is 40.7 Å². The zero-order valence-corrected chi connectivity index (χ0v) is 12.9. The van der Waals surface area contributed by atoms with Gasteiger partial charge in [0.15, 0.2) is 0 Å². The van der Waals surface area contributed by atoms with E-state index in [0.717, 1.165) is 28.7 Å². The minimum absolute atomic E-state index is 0.779. The number of halogens is 1. The van der Waals surface area contributed by atoms with Crippen molar-refractivity contribution >= 4 is 21.6 Å². The lowest BCUT2D eigenvalue weighted by molar-refractivity contribution is 0.239. The lowest BCUT2D eigenvalue weighted by Crippen LogP contribution is -2.27. The van der Waals surface area contributed by atoms with Crippen LogP contribution in [0.15, 0.2) is 22.7 Å². The number of nitrogens with zero attached hydrogens (tertiary/aromatic N) is 1. The van der Waals surface area contributed by atoms with E-state index in [4.69, 9.17) is 5.73 Å². The van der Waals surface area contributed by atoms with Gasteiger partial charge in [-0.05, 0) is 49.4 Å². The average Bonchev–Trinajstić information content (AvgIpc) is 3.10. The minimum Gasteiger partial charge on any atom is -0.399 e. The molecule has 0 amide bonds. The third-order valence-corrected chi connectivity index (χ3v) is 4.25. The smallest absolute Gasteiger partial charge is 0.0325 e. The molecule has 2 nitrogen and oxygen atoms in total. The van der Waals surface area contributed by atoms with Gasteiger partial charge in [0.25, 0.3) is 0 Å². The van der Waals surface area contributed by atoms with Crippen molar-refractivity contribution < 1.29 is 0 Å². The minimum atomic E-state index is 0.779. The Morgan fingerprint density at radius 3 is 2.67 bits per heavy atom. The van der Waals surface area contributed by atoms with Gasteiger partial charge in [0, 0.05) is 22.7 Å². The molecular formula is C15H23BrN2. The fourth-order valence-electron chi connectivity index (χ4n) is 2.17. The van der Waals surface area contributed by atoms with Crippen LogP contribution < -0.4 is 5.73 Å². The molecule has 100 valence electrons. The number of nitrogen functional groups attached to an aromatic ring is 1. The molecule has 0 bridgehead atoms. The summed E-state index contributed by atoms with van der Waals surface area (Å²) in [6.45, 7) is 6.84. The van der Waals surface area contributed by atoms with Gasteiger partial charge in [0.1, 0.15) is 0 Å². The number of benzene rings is 1. The van der Waals surface area contributed by atoms with Crippen LogP contribution in [0, 0.1) is 5.92 Å². The molecule has 0 spiro atoms.